The number of ether oxygens (including phenoxy) is 2. The summed E-state index contributed by atoms with van der Waals surface area (Å²) in [5.74, 6) is 1.38. The lowest BCUT2D eigenvalue weighted by molar-refractivity contribution is 0.395. The molecule has 2 rings (SSSR count). The second-order valence-electron chi connectivity index (χ2n) is 4.35. The van der Waals surface area contributed by atoms with Crippen molar-refractivity contribution in [3.63, 3.8) is 0 Å². The third-order valence-electron chi connectivity index (χ3n) is 2.97. The molecule has 4 heteroatoms. The van der Waals surface area contributed by atoms with Crippen LogP contribution in [0, 0.1) is 18.3 Å². The standard InChI is InChI=1S/C16H16N2O2/c1-11-4-6-14(12(8-11)10-17)18-15-7-5-13(19-2)9-16(15)20-3/h4-9,18H,1-3H3. The van der Waals surface area contributed by atoms with Gasteiger partial charge in [-0.05, 0) is 36.8 Å². The summed E-state index contributed by atoms with van der Waals surface area (Å²) in [5, 5.41) is 12.4. The largest absolute Gasteiger partial charge is 0.497 e. The summed E-state index contributed by atoms with van der Waals surface area (Å²) in [6.07, 6.45) is 0. The molecule has 0 aliphatic carbocycles. The van der Waals surface area contributed by atoms with Gasteiger partial charge in [-0.3, -0.25) is 0 Å². The molecule has 0 fully saturated rings. The van der Waals surface area contributed by atoms with E-state index in [1.807, 2.05) is 37.3 Å². The van der Waals surface area contributed by atoms with Crippen LogP contribution >= 0.6 is 0 Å². The fraction of sp³-hybridized carbons (Fsp3) is 0.188. The maximum atomic E-state index is 9.19. The van der Waals surface area contributed by atoms with Crippen LogP contribution in [0.25, 0.3) is 0 Å². The Kier molecular flexibility index (Phi) is 4.11. The second kappa shape index (κ2) is 5.98. The van der Waals surface area contributed by atoms with Crippen LogP contribution in [0.4, 0.5) is 11.4 Å². The van der Waals surface area contributed by atoms with E-state index in [2.05, 4.69) is 11.4 Å². The average Bonchev–Trinajstić information content (AvgIpc) is 2.49. The Balaban J connectivity index is 2.37. The zero-order chi connectivity index (χ0) is 14.5. The van der Waals surface area contributed by atoms with Crippen molar-refractivity contribution < 1.29 is 9.47 Å². The minimum Gasteiger partial charge on any atom is -0.497 e. The summed E-state index contributed by atoms with van der Waals surface area (Å²) >= 11 is 0. The molecule has 0 amide bonds. The van der Waals surface area contributed by atoms with Gasteiger partial charge in [-0.1, -0.05) is 6.07 Å². The first-order chi connectivity index (χ1) is 9.67. The van der Waals surface area contributed by atoms with Gasteiger partial charge in [-0.2, -0.15) is 5.26 Å². The number of nitrogens with one attached hydrogen (secondary N) is 1. The second-order valence-corrected chi connectivity index (χ2v) is 4.35. The molecule has 2 aromatic rings. The van der Waals surface area contributed by atoms with Crippen LogP contribution < -0.4 is 14.8 Å². The number of rotatable bonds is 4. The van der Waals surface area contributed by atoms with Crippen LogP contribution in [0.15, 0.2) is 36.4 Å². The summed E-state index contributed by atoms with van der Waals surface area (Å²) in [4.78, 5) is 0. The van der Waals surface area contributed by atoms with E-state index in [9.17, 15) is 5.26 Å². The molecule has 0 unspecified atom stereocenters. The first-order valence-corrected chi connectivity index (χ1v) is 6.17. The number of anilines is 2. The maximum absolute atomic E-state index is 9.19. The van der Waals surface area contributed by atoms with E-state index < -0.39 is 0 Å². The van der Waals surface area contributed by atoms with Gasteiger partial charge in [-0.25, -0.2) is 0 Å². The summed E-state index contributed by atoms with van der Waals surface area (Å²) in [6.45, 7) is 1.96. The first-order valence-electron chi connectivity index (χ1n) is 6.17. The molecule has 102 valence electrons. The van der Waals surface area contributed by atoms with Crippen LogP contribution in [0.3, 0.4) is 0 Å². The number of aryl methyl sites for hydroxylation is 1. The molecule has 2 aromatic carbocycles. The molecule has 0 spiro atoms. The van der Waals surface area contributed by atoms with Crippen molar-refractivity contribution in [1.29, 1.82) is 5.26 Å². The summed E-state index contributed by atoms with van der Waals surface area (Å²) in [5.41, 5.74) is 3.19. The van der Waals surface area contributed by atoms with Gasteiger partial charge in [0.05, 0.1) is 31.2 Å². The van der Waals surface area contributed by atoms with Crippen molar-refractivity contribution in [1.82, 2.24) is 0 Å². The van der Waals surface area contributed by atoms with Crippen LogP contribution in [0.2, 0.25) is 0 Å². The maximum Gasteiger partial charge on any atom is 0.145 e. The summed E-state index contributed by atoms with van der Waals surface area (Å²) < 4.78 is 10.5. The van der Waals surface area contributed by atoms with E-state index in [4.69, 9.17) is 9.47 Å². The van der Waals surface area contributed by atoms with E-state index in [1.54, 1.807) is 20.3 Å². The molecule has 0 heterocycles. The predicted octanol–water partition coefficient (Wildman–Crippen LogP) is 3.63. The van der Waals surface area contributed by atoms with Gasteiger partial charge < -0.3 is 14.8 Å². The molecule has 0 aliphatic heterocycles. The van der Waals surface area contributed by atoms with Gasteiger partial charge >= 0.3 is 0 Å². The number of nitriles is 1. The normalized spacial score (nSPS) is 9.70. The smallest absolute Gasteiger partial charge is 0.145 e. The Bertz CT molecular complexity index is 660. The van der Waals surface area contributed by atoms with Crippen molar-refractivity contribution in [2.75, 3.05) is 19.5 Å². The van der Waals surface area contributed by atoms with E-state index in [0.29, 0.717) is 11.3 Å². The van der Waals surface area contributed by atoms with Crippen molar-refractivity contribution in [2.45, 2.75) is 6.92 Å². The third-order valence-corrected chi connectivity index (χ3v) is 2.97. The summed E-state index contributed by atoms with van der Waals surface area (Å²) in [6, 6.07) is 13.4. The Labute approximate surface area is 118 Å². The minimum atomic E-state index is 0.600. The fourth-order valence-corrected chi connectivity index (χ4v) is 1.91. The van der Waals surface area contributed by atoms with Gasteiger partial charge in [0.1, 0.15) is 17.6 Å². The van der Waals surface area contributed by atoms with E-state index in [-0.39, 0.29) is 0 Å². The van der Waals surface area contributed by atoms with Crippen molar-refractivity contribution >= 4 is 11.4 Å². The van der Waals surface area contributed by atoms with E-state index in [0.717, 1.165) is 22.7 Å². The summed E-state index contributed by atoms with van der Waals surface area (Å²) in [7, 11) is 3.20. The highest BCUT2D eigenvalue weighted by Crippen LogP contribution is 2.32. The monoisotopic (exact) mass is 268 g/mol. The molecule has 0 aliphatic rings. The highest BCUT2D eigenvalue weighted by molar-refractivity contribution is 5.71. The zero-order valence-corrected chi connectivity index (χ0v) is 11.7. The number of hydrogen-bond donors (Lipinski definition) is 1. The number of nitrogens with zero attached hydrogens (tertiary/aromatic N) is 1. The van der Waals surface area contributed by atoms with Gasteiger partial charge in [0.15, 0.2) is 0 Å². The lowest BCUT2D eigenvalue weighted by Crippen LogP contribution is -1.97. The molecule has 0 aromatic heterocycles. The average molecular weight is 268 g/mol. The van der Waals surface area contributed by atoms with Crippen LogP contribution in [0.5, 0.6) is 11.5 Å². The molecule has 20 heavy (non-hydrogen) atoms. The fourth-order valence-electron chi connectivity index (χ4n) is 1.91. The molecule has 4 nitrogen and oxygen atoms in total. The molecule has 0 bridgehead atoms. The van der Waals surface area contributed by atoms with Crippen LogP contribution in [-0.2, 0) is 0 Å². The number of benzene rings is 2. The Morgan fingerprint density at radius 1 is 1.00 bits per heavy atom. The Morgan fingerprint density at radius 2 is 1.75 bits per heavy atom. The minimum absolute atomic E-state index is 0.600. The van der Waals surface area contributed by atoms with Crippen LogP contribution in [0.1, 0.15) is 11.1 Å². The van der Waals surface area contributed by atoms with E-state index >= 15 is 0 Å². The molecule has 0 atom stereocenters. The Hall–Kier alpha value is -2.67. The molecular weight excluding hydrogens is 252 g/mol. The SMILES string of the molecule is COc1ccc(Nc2ccc(C)cc2C#N)c(OC)c1. The third kappa shape index (κ3) is 2.83. The highest BCUT2D eigenvalue weighted by Gasteiger charge is 2.08. The predicted molar refractivity (Wildman–Crippen MR) is 78.7 cm³/mol. The van der Waals surface area contributed by atoms with Gasteiger partial charge in [0.2, 0.25) is 0 Å². The molecular formula is C16H16N2O2. The van der Waals surface area contributed by atoms with Crippen molar-refractivity contribution in [3.05, 3.63) is 47.5 Å². The lowest BCUT2D eigenvalue weighted by Gasteiger charge is -2.13. The van der Waals surface area contributed by atoms with Gasteiger partial charge in [0.25, 0.3) is 0 Å². The van der Waals surface area contributed by atoms with E-state index in [1.165, 1.54) is 0 Å². The van der Waals surface area contributed by atoms with Crippen molar-refractivity contribution in [2.24, 2.45) is 0 Å². The molecule has 0 radical (unpaired) electrons. The Morgan fingerprint density at radius 3 is 2.40 bits per heavy atom. The highest BCUT2D eigenvalue weighted by atomic mass is 16.5. The molecule has 0 saturated carbocycles. The molecule has 1 N–H and O–H groups in total. The van der Waals surface area contributed by atoms with Crippen LogP contribution in [-0.4, -0.2) is 14.2 Å². The topological polar surface area (TPSA) is 54.3 Å². The lowest BCUT2D eigenvalue weighted by atomic mass is 10.1. The number of hydrogen-bond acceptors (Lipinski definition) is 4. The zero-order valence-electron chi connectivity index (χ0n) is 11.7. The van der Waals surface area contributed by atoms with Gasteiger partial charge in [-0.15, -0.1) is 0 Å². The van der Waals surface area contributed by atoms with Crippen molar-refractivity contribution in [3.8, 4) is 17.6 Å². The van der Waals surface area contributed by atoms with Gasteiger partial charge in [0, 0.05) is 6.07 Å². The number of methoxy groups -OCH3 is 2. The first kappa shape index (κ1) is 13.8. The quantitative estimate of drug-likeness (QED) is 0.920. The molecule has 0 saturated heterocycles.